The Bertz CT molecular complexity index is 528. The van der Waals surface area contributed by atoms with Crippen LogP contribution < -0.4 is 0 Å². The fraction of sp³-hybridized carbons (Fsp3) is 0.500. The molecule has 0 aromatic rings. The number of esters is 1. The van der Waals surface area contributed by atoms with Crippen LogP contribution >= 0.6 is 69.6 Å². The molecular formula is C12H10Cl6O4. The first-order valence-electron chi connectivity index (χ1n) is 5.79. The molecule has 0 bridgehead atoms. The largest absolute Gasteiger partial charge is 0.481 e. The Labute approximate surface area is 156 Å². The van der Waals surface area contributed by atoms with Crippen molar-refractivity contribution in [3.05, 3.63) is 22.2 Å². The van der Waals surface area contributed by atoms with Gasteiger partial charge >= 0.3 is 11.9 Å². The van der Waals surface area contributed by atoms with Gasteiger partial charge in [-0.05, 0) is 6.42 Å². The highest BCUT2D eigenvalue weighted by atomic mass is 35.5. The third-order valence-electron chi connectivity index (χ3n) is 3.24. The summed E-state index contributed by atoms with van der Waals surface area (Å²) < 4.78 is 2.51. The van der Waals surface area contributed by atoms with Crippen molar-refractivity contribution in [3.63, 3.8) is 0 Å². The maximum Gasteiger partial charge on any atom is 0.312 e. The van der Waals surface area contributed by atoms with Gasteiger partial charge in [0.25, 0.3) is 0 Å². The van der Waals surface area contributed by atoms with Gasteiger partial charge in [0.2, 0.25) is 0 Å². The van der Waals surface area contributed by atoms with E-state index in [4.69, 9.17) is 74.3 Å². The monoisotopic (exact) mass is 428 g/mol. The Morgan fingerprint density at radius 3 is 2.23 bits per heavy atom. The number of carboxylic acids is 1. The molecule has 1 saturated carbocycles. The number of carbonyl (C=O) groups excluding carboxylic acids is 1. The smallest absolute Gasteiger partial charge is 0.312 e. The highest BCUT2D eigenvalue weighted by Gasteiger charge is 2.69. The highest BCUT2D eigenvalue weighted by molar-refractivity contribution is 6.63. The first-order chi connectivity index (χ1) is 10.0. The summed E-state index contributed by atoms with van der Waals surface area (Å²) in [5.74, 6) is -5.09. The number of allylic oxidation sites excluding steroid dienone is 1. The Morgan fingerprint density at radius 1 is 1.27 bits per heavy atom. The van der Waals surface area contributed by atoms with Gasteiger partial charge in [-0.3, -0.25) is 9.59 Å². The van der Waals surface area contributed by atoms with Gasteiger partial charge in [-0.15, -0.1) is 11.6 Å². The van der Waals surface area contributed by atoms with Crippen LogP contribution in [-0.2, 0) is 14.3 Å². The second-order valence-electron chi connectivity index (χ2n) is 4.54. The summed E-state index contributed by atoms with van der Waals surface area (Å²) in [6.07, 6.45) is 0.958. The summed E-state index contributed by atoms with van der Waals surface area (Å²) in [6.45, 7) is 3.23. The van der Waals surface area contributed by atoms with Crippen molar-refractivity contribution in [1.29, 1.82) is 0 Å². The molecule has 22 heavy (non-hydrogen) atoms. The Kier molecular flexibility index (Phi) is 6.77. The van der Waals surface area contributed by atoms with Crippen molar-refractivity contribution in [3.8, 4) is 0 Å². The zero-order valence-electron chi connectivity index (χ0n) is 10.8. The van der Waals surface area contributed by atoms with Crippen molar-refractivity contribution in [2.24, 2.45) is 11.8 Å². The minimum absolute atomic E-state index is 0.151. The molecule has 0 spiro atoms. The number of hydrogen-bond acceptors (Lipinski definition) is 3. The van der Waals surface area contributed by atoms with Crippen LogP contribution in [0.1, 0.15) is 6.42 Å². The van der Waals surface area contributed by atoms with Gasteiger partial charge < -0.3 is 9.84 Å². The van der Waals surface area contributed by atoms with Crippen LogP contribution in [0.25, 0.3) is 0 Å². The molecule has 0 aliphatic heterocycles. The van der Waals surface area contributed by atoms with Crippen LogP contribution in [0.15, 0.2) is 22.2 Å². The molecule has 0 saturated heterocycles. The normalized spacial score (nSPS) is 29.7. The number of halogens is 6. The molecule has 3 atom stereocenters. The first-order valence-corrected chi connectivity index (χ1v) is 8.05. The maximum atomic E-state index is 12.2. The molecule has 4 nitrogen and oxygen atoms in total. The standard InChI is InChI=1S/C12H10Cl6O4/c1-2-3-22-10(21)6-5(9(19)20)4-11(16,17)12(6,18)7(13)8(14)15/h2,5-6H,1,3-4H2,(H,19,20). The van der Waals surface area contributed by atoms with Gasteiger partial charge in [-0.1, -0.05) is 70.7 Å². The predicted molar refractivity (Wildman–Crippen MR) is 88.0 cm³/mol. The Hall–Kier alpha value is 0.160. The van der Waals surface area contributed by atoms with E-state index >= 15 is 0 Å². The molecule has 0 amide bonds. The van der Waals surface area contributed by atoms with Crippen LogP contribution in [-0.4, -0.2) is 32.9 Å². The Balaban J connectivity index is 3.45. The molecule has 10 heteroatoms. The summed E-state index contributed by atoms with van der Waals surface area (Å²) in [6, 6.07) is 0. The van der Waals surface area contributed by atoms with Crippen LogP contribution in [0.3, 0.4) is 0 Å². The third-order valence-corrected chi connectivity index (χ3v) is 6.24. The molecule has 0 radical (unpaired) electrons. The number of rotatable bonds is 5. The summed E-state index contributed by atoms with van der Waals surface area (Å²) in [5, 5.41) is 8.89. The third kappa shape index (κ3) is 3.47. The Morgan fingerprint density at radius 2 is 1.82 bits per heavy atom. The lowest BCUT2D eigenvalue weighted by Gasteiger charge is -2.35. The number of carbonyl (C=O) groups is 2. The molecule has 1 rings (SSSR count). The van der Waals surface area contributed by atoms with Gasteiger partial charge in [-0.25, -0.2) is 0 Å². The SMILES string of the molecule is C=CCOC(=O)C1C(C(=O)O)CC(Cl)(Cl)C1(Cl)C(Cl)=C(Cl)Cl. The zero-order chi connectivity index (χ0) is 17.3. The van der Waals surface area contributed by atoms with E-state index in [0.717, 1.165) is 0 Å². The topological polar surface area (TPSA) is 63.6 Å². The van der Waals surface area contributed by atoms with E-state index in [9.17, 15) is 14.7 Å². The molecule has 1 N–H and O–H groups in total. The summed E-state index contributed by atoms with van der Waals surface area (Å²) >= 11 is 35.9. The fourth-order valence-electron chi connectivity index (χ4n) is 2.27. The molecule has 1 fully saturated rings. The van der Waals surface area contributed by atoms with E-state index in [-0.39, 0.29) is 13.0 Å². The lowest BCUT2D eigenvalue weighted by molar-refractivity contribution is -0.156. The minimum Gasteiger partial charge on any atom is -0.481 e. The van der Waals surface area contributed by atoms with Crippen molar-refractivity contribution < 1.29 is 19.4 Å². The lowest BCUT2D eigenvalue weighted by atomic mass is 9.88. The molecule has 124 valence electrons. The van der Waals surface area contributed by atoms with E-state index in [0.29, 0.717) is 0 Å². The van der Waals surface area contributed by atoms with E-state index in [1.54, 1.807) is 0 Å². The van der Waals surface area contributed by atoms with Gasteiger partial charge in [-0.2, -0.15) is 0 Å². The molecule has 1 aliphatic rings. The van der Waals surface area contributed by atoms with E-state index in [1.807, 2.05) is 0 Å². The quantitative estimate of drug-likeness (QED) is 0.397. The van der Waals surface area contributed by atoms with Gasteiger partial charge in [0.05, 0.1) is 16.9 Å². The highest BCUT2D eigenvalue weighted by Crippen LogP contribution is 2.62. The average molecular weight is 431 g/mol. The van der Waals surface area contributed by atoms with Crippen molar-refractivity contribution in [1.82, 2.24) is 0 Å². The maximum absolute atomic E-state index is 12.2. The van der Waals surface area contributed by atoms with Crippen LogP contribution in [0.4, 0.5) is 0 Å². The van der Waals surface area contributed by atoms with E-state index < -0.39 is 42.5 Å². The van der Waals surface area contributed by atoms with Gasteiger partial charge in [0.15, 0.2) is 0 Å². The molecule has 0 aromatic carbocycles. The van der Waals surface area contributed by atoms with Crippen molar-refractivity contribution in [2.75, 3.05) is 6.61 Å². The van der Waals surface area contributed by atoms with Crippen molar-refractivity contribution >= 4 is 81.5 Å². The number of alkyl halides is 3. The predicted octanol–water partition coefficient (Wildman–Crippen LogP) is 4.47. The second kappa shape index (κ2) is 7.37. The molecule has 0 aromatic heterocycles. The molecular weight excluding hydrogens is 421 g/mol. The van der Waals surface area contributed by atoms with Crippen molar-refractivity contribution in [2.45, 2.75) is 15.6 Å². The number of aliphatic carboxylic acids is 1. The van der Waals surface area contributed by atoms with Crippen LogP contribution in [0.5, 0.6) is 0 Å². The minimum atomic E-state index is -2.04. The molecule has 1 aliphatic carbocycles. The summed E-state index contributed by atoms with van der Waals surface area (Å²) in [5.41, 5.74) is 0. The summed E-state index contributed by atoms with van der Waals surface area (Å²) in [7, 11) is 0. The van der Waals surface area contributed by atoms with Gasteiger partial charge in [0, 0.05) is 0 Å². The van der Waals surface area contributed by atoms with Gasteiger partial charge in [0.1, 0.15) is 20.3 Å². The first kappa shape index (κ1) is 20.2. The number of hydrogen-bond donors (Lipinski definition) is 1. The van der Waals surface area contributed by atoms with Crippen LogP contribution in [0.2, 0.25) is 0 Å². The molecule has 0 heterocycles. The van der Waals surface area contributed by atoms with Crippen LogP contribution in [0, 0.1) is 11.8 Å². The second-order valence-corrected chi connectivity index (χ2v) is 7.94. The van der Waals surface area contributed by atoms with E-state index in [1.165, 1.54) is 6.08 Å². The molecule has 3 unspecified atom stereocenters. The zero-order valence-corrected chi connectivity index (χ0v) is 15.3. The lowest BCUT2D eigenvalue weighted by Crippen LogP contribution is -2.47. The summed E-state index contributed by atoms with van der Waals surface area (Å²) in [4.78, 5) is 21.6. The van der Waals surface area contributed by atoms with E-state index in [2.05, 4.69) is 6.58 Å². The number of ether oxygens (including phenoxy) is 1. The average Bonchev–Trinajstić information content (AvgIpc) is 2.63. The fourth-order valence-corrected chi connectivity index (χ4v) is 4.21. The number of carboxylic acid groups (broad SMARTS) is 1.